The zero-order valence-electron chi connectivity index (χ0n) is 8.68. The average molecular weight is 242 g/mol. The van der Waals surface area contributed by atoms with Crippen LogP contribution >= 0.6 is 0 Å². The first-order valence-electron chi connectivity index (χ1n) is 4.44. The maximum atomic E-state index is 11.7. The van der Waals surface area contributed by atoms with Crippen molar-refractivity contribution in [1.29, 1.82) is 0 Å². The third kappa shape index (κ3) is 2.06. The molecule has 2 N–H and O–H groups in total. The molecule has 0 bridgehead atoms. The normalized spacial score (nSPS) is 11.6. The fraction of sp³-hybridized carbons (Fsp3) is 0.250. The average Bonchev–Trinajstić information content (AvgIpc) is 2.75. The lowest BCUT2D eigenvalue weighted by atomic mass is 10.6. The predicted molar refractivity (Wildman–Crippen MR) is 55.4 cm³/mol. The summed E-state index contributed by atoms with van der Waals surface area (Å²) in [4.78, 5) is 10.3. The Morgan fingerprint density at radius 3 is 2.69 bits per heavy atom. The van der Waals surface area contributed by atoms with Gasteiger partial charge in [-0.05, 0) is 13.8 Å². The molecule has 7 nitrogen and oxygen atoms in total. The molecule has 0 spiro atoms. The number of aromatic amines is 1. The van der Waals surface area contributed by atoms with E-state index in [1.165, 1.54) is 12.5 Å². The second-order valence-corrected chi connectivity index (χ2v) is 4.88. The number of nitrogens with one attached hydrogen (secondary N) is 2. The molecule has 0 saturated heterocycles. The maximum Gasteiger partial charge on any atom is 0.309 e. The molecule has 2 rings (SSSR count). The van der Waals surface area contributed by atoms with Crippen molar-refractivity contribution in [3.05, 3.63) is 24.0 Å². The van der Waals surface area contributed by atoms with Crippen molar-refractivity contribution >= 4 is 16.0 Å². The number of imidazole rings is 1. The maximum absolute atomic E-state index is 11.7. The highest BCUT2D eigenvalue weighted by Gasteiger charge is 2.18. The van der Waals surface area contributed by atoms with Crippen molar-refractivity contribution < 1.29 is 12.8 Å². The molecule has 86 valence electrons. The van der Waals surface area contributed by atoms with Crippen LogP contribution in [0, 0.1) is 13.8 Å². The van der Waals surface area contributed by atoms with Gasteiger partial charge >= 0.3 is 6.01 Å². The van der Waals surface area contributed by atoms with Gasteiger partial charge in [0.15, 0.2) is 5.03 Å². The molecule has 0 aromatic carbocycles. The van der Waals surface area contributed by atoms with E-state index in [9.17, 15) is 8.42 Å². The van der Waals surface area contributed by atoms with Gasteiger partial charge in [0.2, 0.25) is 0 Å². The lowest BCUT2D eigenvalue weighted by Gasteiger charge is -2.00. The van der Waals surface area contributed by atoms with E-state index in [4.69, 9.17) is 4.42 Å². The first-order valence-corrected chi connectivity index (χ1v) is 5.92. The Labute approximate surface area is 92.0 Å². The monoisotopic (exact) mass is 242 g/mol. The van der Waals surface area contributed by atoms with Crippen molar-refractivity contribution in [3.8, 4) is 0 Å². The van der Waals surface area contributed by atoms with Crippen molar-refractivity contribution in [3.63, 3.8) is 0 Å². The van der Waals surface area contributed by atoms with Gasteiger partial charge in [0.25, 0.3) is 10.0 Å². The molecule has 2 heterocycles. The summed E-state index contributed by atoms with van der Waals surface area (Å²) in [7, 11) is -3.70. The predicted octanol–water partition coefficient (Wildman–Crippen LogP) is 0.815. The van der Waals surface area contributed by atoms with Gasteiger partial charge in [-0.15, -0.1) is 0 Å². The van der Waals surface area contributed by atoms with Crippen LogP contribution in [0.3, 0.4) is 0 Å². The topological polar surface area (TPSA) is 101 Å². The van der Waals surface area contributed by atoms with Crippen LogP contribution in [0.5, 0.6) is 0 Å². The lowest BCUT2D eigenvalue weighted by molar-refractivity contribution is 0.568. The summed E-state index contributed by atoms with van der Waals surface area (Å²) in [5, 5.41) is -0.0270. The van der Waals surface area contributed by atoms with Crippen molar-refractivity contribution in [2.24, 2.45) is 0 Å². The first-order chi connectivity index (χ1) is 7.47. The van der Waals surface area contributed by atoms with E-state index in [0.717, 1.165) is 0 Å². The molecule has 0 saturated carbocycles. The van der Waals surface area contributed by atoms with Crippen molar-refractivity contribution in [2.45, 2.75) is 18.9 Å². The summed E-state index contributed by atoms with van der Waals surface area (Å²) in [5.74, 6) is 0.518. The zero-order chi connectivity index (χ0) is 11.8. The zero-order valence-corrected chi connectivity index (χ0v) is 9.50. The van der Waals surface area contributed by atoms with Crippen LogP contribution in [0.25, 0.3) is 0 Å². The fourth-order valence-corrected chi connectivity index (χ4v) is 2.01. The van der Waals surface area contributed by atoms with Gasteiger partial charge in [-0.3, -0.25) is 0 Å². The molecular weight excluding hydrogens is 232 g/mol. The Hall–Kier alpha value is -1.83. The highest BCUT2D eigenvalue weighted by Crippen LogP contribution is 2.13. The van der Waals surface area contributed by atoms with Gasteiger partial charge in [-0.2, -0.15) is 13.4 Å². The van der Waals surface area contributed by atoms with Crippen LogP contribution in [0.2, 0.25) is 0 Å². The third-order valence-electron chi connectivity index (χ3n) is 1.81. The highest BCUT2D eigenvalue weighted by atomic mass is 32.2. The van der Waals surface area contributed by atoms with Crippen LogP contribution in [0.15, 0.2) is 21.9 Å². The van der Waals surface area contributed by atoms with Crippen LogP contribution in [-0.2, 0) is 10.0 Å². The Morgan fingerprint density at radius 2 is 2.19 bits per heavy atom. The van der Waals surface area contributed by atoms with Crippen molar-refractivity contribution in [1.82, 2.24) is 15.0 Å². The quantitative estimate of drug-likeness (QED) is 0.829. The molecule has 0 unspecified atom stereocenters. The molecule has 0 aliphatic rings. The Bertz CT molecular complexity index is 598. The number of nitrogens with zero attached hydrogens (tertiary/aromatic N) is 2. The summed E-state index contributed by atoms with van der Waals surface area (Å²) < 4.78 is 30.6. The molecule has 0 fully saturated rings. The van der Waals surface area contributed by atoms with Gasteiger partial charge in [0.1, 0.15) is 12.1 Å². The van der Waals surface area contributed by atoms with Crippen LogP contribution in [0.4, 0.5) is 6.01 Å². The molecule has 0 radical (unpaired) electrons. The summed E-state index contributed by atoms with van der Waals surface area (Å²) in [6.45, 7) is 3.36. The number of hydrogen-bond acceptors (Lipinski definition) is 5. The largest absolute Gasteiger partial charge is 0.431 e. The minimum Gasteiger partial charge on any atom is -0.431 e. The molecule has 0 amide bonds. The van der Waals surface area contributed by atoms with E-state index in [-0.39, 0.29) is 11.0 Å². The number of rotatable bonds is 3. The number of hydrogen-bond donors (Lipinski definition) is 2. The van der Waals surface area contributed by atoms with Gasteiger partial charge in [0.05, 0.1) is 11.9 Å². The van der Waals surface area contributed by atoms with E-state index in [2.05, 4.69) is 19.7 Å². The summed E-state index contributed by atoms with van der Waals surface area (Å²) in [5.41, 5.74) is 0.596. The number of aromatic nitrogens is 3. The van der Waals surface area contributed by atoms with E-state index < -0.39 is 10.0 Å². The highest BCUT2D eigenvalue weighted by molar-refractivity contribution is 7.92. The van der Waals surface area contributed by atoms with Gasteiger partial charge < -0.3 is 9.40 Å². The van der Waals surface area contributed by atoms with Crippen molar-refractivity contribution in [2.75, 3.05) is 4.72 Å². The van der Waals surface area contributed by atoms with Crippen LogP contribution < -0.4 is 4.72 Å². The molecule has 0 atom stereocenters. The Morgan fingerprint density at radius 1 is 1.44 bits per heavy atom. The smallest absolute Gasteiger partial charge is 0.309 e. The number of anilines is 1. The number of oxazole rings is 1. The Balaban J connectivity index is 2.27. The SMILES string of the molecule is Cc1coc(NS(=O)(=O)c2cnc(C)[nH]2)n1. The standard InChI is InChI=1S/C8H10N4O3S/c1-5-4-15-8(10-5)12-16(13,14)7-3-9-6(2)11-7/h3-4H,1-2H3,(H,9,11)(H,10,12). The van der Waals surface area contributed by atoms with Crippen LogP contribution in [0.1, 0.15) is 11.5 Å². The first kappa shape index (κ1) is 10.7. The number of H-pyrrole nitrogens is 1. The van der Waals surface area contributed by atoms with E-state index in [0.29, 0.717) is 11.5 Å². The minimum atomic E-state index is -3.70. The molecule has 0 aliphatic carbocycles. The summed E-state index contributed by atoms with van der Waals surface area (Å²) in [6.07, 6.45) is 2.59. The van der Waals surface area contributed by atoms with E-state index in [1.54, 1.807) is 13.8 Å². The third-order valence-corrected chi connectivity index (χ3v) is 3.04. The molecule has 16 heavy (non-hydrogen) atoms. The van der Waals surface area contributed by atoms with Gasteiger partial charge in [0, 0.05) is 0 Å². The molecule has 2 aromatic rings. The summed E-state index contributed by atoms with van der Waals surface area (Å²) >= 11 is 0. The number of aryl methyl sites for hydroxylation is 2. The second-order valence-electron chi connectivity index (χ2n) is 3.23. The molecule has 0 aliphatic heterocycles. The summed E-state index contributed by atoms with van der Waals surface area (Å²) in [6, 6.07) is -0.0650. The van der Waals surface area contributed by atoms with E-state index >= 15 is 0 Å². The van der Waals surface area contributed by atoms with E-state index in [1.807, 2.05) is 0 Å². The molecular formula is C8H10N4O3S. The second kappa shape index (κ2) is 3.63. The fourth-order valence-electron chi connectivity index (χ4n) is 1.11. The van der Waals surface area contributed by atoms with Gasteiger partial charge in [-0.1, -0.05) is 0 Å². The lowest BCUT2D eigenvalue weighted by Crippen LogP contribution is -2.13. The number of sulfonamides is 1. The van der Waals surface area contributed by atoms with Crippen LogP contribution in [-0.4, -0.2) is 23.4 Å². The van der Waals surface area contributed by atoms with Gasteiger partial charge in [-0.25, -0.2) is 9.71 Å². The molecule has 2 aromatic heterocycles. The molecule has 8 heteroatoms. The minimum absolute atomic E-state index is 0.0270. The Kier molecular flexibility index (Phi) is 2.43.